The van der Waals surface area contributed by atoms with Gasteiger partial charge >= 0.3 is 5.97 Å². The zero-order chi connectivity index (χ0) is 17.4. The molecule has 132 valence electrons. The zero-order valence-corrected chi connectivity index (χ0v) is 15.4. The van der Waals surface area contributed by atoms with Crippen molar-refractivity contribution in [3.8, 4) is 0 Å². The lowest BCUT2D eigenvalue weighted by Gasteiger charge is -2.59. The molecular weight excluding hydrogens is 288 g/mol. The molecule has 0 bridgehead atoms. The molecule has 6 atom stereocenters. The highest BCUT2D eigenvalue weighted by Gasteiger charge is 2.55. The number of allylic oxidation sites excluding steroid dienone is 2. The third kappa shape index (κ3) is 3.35. The molecule has 0 heterocycles. The molecule has 0 aromatic rings. The fourth-order valence-corrected chi connectivity index (χ4v) is 5.38. The SMILES string of the molecule is CC1=CCC[C@@H]2[C@@](C)(CC[C@H](C)CC(=O)O)[C@H](C)[C@@H](O)C[C@@]12C. The summed E-state index contributed by atoms with van der Waals surface area (Å²) in [4.78, 5) is 10.9. The van der Waals surface area contributed by atoms with Gasteiger partial charge in [0.15, 0.2) is 0 Å². The molecule has 2 rings (SSSR count). The summed E-state index contributed by atoms with van der Waals surface area (Å²) in [5, 5.41) is 19.7. The van der Waals surface area contributed by atoms with Gasteiger partial charge in [0.05, 0.1) is 6.10 Å². The monoisotopic (exact) mass is 322 g/mol. The van der Waals surface area contributed by atoms with E-state index in [1.807, 2.05) is 6.92 Å². The Morgan fingerprint density at radius 2 is 2.09 bits per heavy atom. The smallest absolute Gasteiger partial charge is 0.303 e. The first-order valence-corrected chi connectivity index (χ1v) is 9.18. The molecular formula is C20H34O3. The Morgan fingerprint density at radius 1 is 1.43 bits per heavy atom. The van der Waals surface area contributed by atoms with Crippen LogP contribution >= 0.6 is 0 Å². The van der Waals surface area contributed by atoms with Crippen molar-refractivity contribution in [2.24, 2.45) is 28.6 Å². The maximum Gasteiger partial charge on any atom is 0.303 e. The molecule has 0 spiro atoms. The lowest BCUT2D eigenvalue weighted by Crippen LogP contribution is -2.55. The van der Waals surface area contributed by atoms with E-state index in [0.29, 0.717) is 5.92 Å². The van der Waals surface area contributed by atoms with Gasteiger partial charge in [-0.2, -0.15) is 0 Å². The van der Waals surface area contributed by atoms with Gasteiger partial charge in [0, 0.05) is 6.42 Å². The van der Waals surface area contributed by atoms with Crippen molar-refractivity contribution in [3.05, 3.63) is 11.6 Å². The van der Waals surface area contributed by atoms with Gasteiger partial charge in [-0.3, -0.25) is 4.79 Å². The highest BCUT2D eigenvalue weighted by molar-refractivity contribution is 5.66. The summed E-state index contributed by atoms with van der Waals surface area (Å²) in [6, 6.07) is 0. The molecule has 3 heteroatoms. The minimum atomic E-state index is -0.708. The third-order valence-corrected chi connectivity index (χ3v) is 7.32. The van der Waals surface area contributed by atoms with Crippen molar-refractivity contribution in [1.82, 2.24) is 0 Å². The number of aliphatic hydroxyl groups excluding tert-OH is 1. The summed E-state index contributed by atoms with van der Waals surface area (Å²) in [7, 11) is 0. The number of aliphatic carboxylic acids is 1. The van der Waals surface area contributed by atoms with E-state index >= 15 is 0 Å². The Balaban J connectivity index is 2.22. The van der Waals surface area contributed by atoms with E-state index in [9.17, 15) is 9.90 Å². The van der Waals surface area contributed by atoms with Crippen molar-refractivity contribution in [2.45, 2.75) is 79.2 Å². The van der Waals surface area contributed by atoms with Gasteiger partial charge in [-0.25, -0.2) is 0 Å². The number of carbonyl (C=O) groups is 1. The number of aliphatic hydroxyl groups is 1. The minimum absolute atomic E-state index is 0.0781. The van der Waals surface area contributed by atoms with E-state index in [2.05, 4.69) is 33.8 Å². The summed E-state index contributed by atoms with van der Waals surface area (Å²) in [5.41, 5.74) is 1.61. The largest absolute Gasteiger partial charge is 0.481 e. The van der Waals surface area contributed by atoms with Crippen molar-refractivity contribution in [3.63, 3.8) is 0 Å². The maximum atomic E-state index is 10.9. The average Bonchev–Trinajstić information content (AvgIpc) is 2.45. The first-order valence-electron chi connectivity index (χ1n) is 9.18. The average molecular weight is 322 g/mol. The van der Waals surface area contributed by atoms with Gasteiger partial charge < -0.3 is 10.2 Å². The van der Waals surface area contributed by atoms with Crippen LogP contribution in [0.5, 0.6) is 0 Å². The van der Waals surface area contributed by atoms with Gasteiger partial charge in [-0.15, -0.1) is 0 Å². The molecule has 0 aromatic carbocycles. The van der Waals surface area contributed by atoms with Crippen LogP contribution in [-0.2, 0) is 4.79 Å². The summed E-state index contributed by atoms with van der Waals surface area (Å²) >= 11 is 0. The Morgan fingerprint density at radius 3 is 2.70 bits per heavy atom. The predicted octanol–water partition coefficient (Wildman–Crippen LogP) is 4.65. The normalized spacial score (nSPS) is 41.8. The fraction of sp³-hybridized carbons (Fsp3) is 0.850. The molecule has 2 N–H and O–H groups in total. The zero-order valence-electron chi connectivity index (χ0n) is 15.4. The van der Waals surface area contributed by atoms with Gasteiger partial charge in [0.25, 0.3) is 0 Å². The van der Waals surface area contributed by atoms with E-state index < -0.39 is 5.97 Å². The minimum Gasteiger partial charge on any atom is -0.481 e. The van der Waals surface area contributed by atoms with E-state index in [-0.39, 0.29) is 35.2 Å². The second-order valence-electron chi connectivity index (χ2n) is 8.74. The van der Waals surface area contributed by atoms with Crippen LogP contribution in [0.25, 0.3) is 0 Å². The maximum absolute atomic E-state index is 10.9. The van der Waals surface area contributed by atoms with Crippen LogP contribution in [0.1, 0.15) is 73.1 Å². The quantitative estimate of drug-likeness (QED) is 0.725. The molecule has 23 heavy (non-hydrogen) atoms. The van der Waals surface area contributed by atoms with Crippen LogP contribution in [0.2, 0.25) is 0 Å². The van der Waals surface area contributed by atoms with Crippen molar-refractivity contribution in [1.29, 1.82) is 0 Å². The number of fused-ring (bicyclic) bond motifs is 1. The topological polar surface area (TPSA) is 57.5 Å². The van der Waals surface area contributed by atoms with E-state index in [4.69, 9.17) is 5.11 Å². The van der Waals surface area contributed by atoms with Gasteiger partial charge in [-0.1, -0.05) is 39.3 Å². The number of carboxylic acids is 1. The molecule has 1 saturated carbocycles. The Kier molecular flexibility index (Phi) is 5.30. The van der Waals surface area contributed by atoms with Crippen molar-refractivity contribution in [2.75, 3.05) is 0 Å². The Bertz CT molecular complexity index is 483. The number of rotatable bonds is 5. The van der Waals surface area contributed by atoms with Crippen LogP contribution in [0.15, 0.2) is 11.6 Å². The van der Waals surface area contributed by atoms with Crippen LogP contribution < -0.4 is 0 Å². The lowest BCUT2D eigenvalue weighted by atomic mass is 9.46. The number of hydrogen-bond donors (Lipinski definition) is 2. The van der Waals surface area contributed by atoms with Crippen LogP contribution in [-0.4, -0.2) is 22.3 Å². The molecule has 0 saturated heterocycles. The van der Waals surface area contributed by atoms with Gasteiger partial charge in [0.2, 0.25) is 0 Å². The van der Waals surface area contributed by atoms with E-state index in [0.717, 1.165) is 25.7 Å². The van der Waals surface area contributed by atoms with Crippen molar-refractivity contribution < 1.29 is 15.0 Å². The molecule has 0 aliphatic heterocycles. The van der Waals surface area contributed by atoms with Gasteiger partial charge in [0.1, 0.15) is 0 Å². The standard InChI is InChI=1S/C20H34O3/c1-13(11-18(22)23)9-10-19(4)15(3)16(21)12-20(5)14(2)7-6-8-17(19)20/h7,13,15-17,21H,6,8-12H2,1-5H3,(H,22,23)/t13-,15+,16-,17+,19-,20-/m0/s1. The highest BCUT2D eigenvalue weighted by Crippen LogP contribution is 2.61. The first-order chi connectivity index (χ1) is 10.6. The Hall–Kier alpha value is -0.830. The summed E-state index contributed by atoms with van der Waals surface area (Å²) in [5.74, 6) is 0.335. The Labute approximate surface area is 141 Å². The molecule has 2 aliphatic carbocycles. The molecule has 0 amide bonds. The van der Waals surface area contributed by atoms with Crippen molar-refractivity contribution >= 4 is 5.97 Å². The molecule has 0 radical (unpaired) electrons. The molecule has 1 fully saturated rings. The van der Waals surface area contributed by atoms with Crippen LogP contribution in [0, 0.1) is 28.6 Å². The second kappa shape index (κ2) is 6.58. The molecule has 3 nitrogen and oxygen atoms in total. The molecule has 2 aliphatic rings. The molecule has 0 aromatic heterocycles. The molecule has 0 unspecified atom stereocenters. The van der Waals surface area contributed by atoms with Crippen LogP contribution in [0.4, 0.5) is 0 Å². The second-order valence-corrected chi connectivity index (χ2v) is 8.74. The van der Waals surface area contributed by atoms with E-state index in [1.165, 1.54) is 12.0 Å². The fourth-order valence-electron chi connectivity index (χ4n) is 5.38. The summed E-state index contributed by atoms with van der Waals surface area (Å²) in [6.07, 6.45) is 7.45. The number of hydrogen-bond acceptors (Lipinski definition) is 2. The highest BCUT2D eigenvalue weighted by atomic mass is 16.4. The van der Waals surface area contributed by atoms with Crippen LogP contribution in [0.3, 0.4) is 0 Å². The lowest BCUT2D eigenvalue weighted by molar-refractivity contribution is -0.138. The first kappa shape index (κ1) is 18.5. The predicted molar refractivity (Wildman–Crippen MR) is 93.1 cm³/mol. The summed E-state index contributed by atoms with van der Waals surface area (Å²) in [6.45, 7) is 11.1. The summed E-state index contributed by atoms with van der Waals surface area (Å²) < 4.78 is 0. The van der Waals surface area contributed by atoms with Gasteiger partial charge in [-0.05, 0) is 67.6 Å². The van der Waals surface area contributed by atoms with E-state index in [1.54, 1.807) is 0 Å². The third-order valence-electron chi connectivity index (χ3n) is 7.32. The number of carboxylic acid groups (broad SMARTS) is 1.